The molecule has 0 saturated heterocycles. The van der Waals surface area contributed by atoms with E-state index in [0.29, 0.717) is 18.5 Å². The maximum absolute atomic E-state index is 10.4. The first-order chi connectivity index (χ1) is 7.31. The smallest absolute Gasteiger partial charge is 0.171 e. The van der Waals surface area contributed by atoms with Crippen LogP contribution in [0.3, 0.4) is 0 Å². The molecule has 0 amide bonds. The van der Waals surface area contributed by atoms with Crippen molar-refractivity contribution >= 4 is 6.29 Å². The van der Waals surface area contributed by atoms with Crippen molar-refractivity contribution in [3.63, 3.8) is 0 Å². The van der Waals surface area contributed by atoms with Gasteiger partial charge in [-0.1, -0.05) is 5.21 Å². The lowest BCUT2D eigenvalue weighted by molar-refractivity contribution is 0.111. The highest BCUT2D eigenvalue weighted by Gasteiger charge is 2.01. The summed E-state index contributed by atoms with van der Waals surface area (Å²) < 4.78 is 3.45. The molecule has 78 valence electrons. The van der Waals surface area contributed by atoms with Crippen LogP contribution in [0.2, 0.25) is 0 Å². The molecule has 6 heteroatoms. The topological polar surface area (TPSA) is 65.6 Å². The van der Waals surface area contributed by atoms with Crippen LogP contribution < -0.4 is 0 Å². The normalized spacial score (nSPS) is 10.5. The van der Waals surface area contributed by atoms with Crippen molar-refractivity contribution in [1.29, 1.82) is 0 Å². The molecule has 0 unspecified atom stereocenters. The molecule has 6 nitrogen and oxygen atoms in total. The van der Waals surface area contributed by atoms with Gasteiger partial charge in [0.2, 0.25) is 0 Å². The molecule has 0 spiro atoms. The van der Waals surface area contributed by atoms with E-state index in [1.54, 1.807) is 17.1 Å². The minimum Gasteiger partial charge on any atom is -0.296 e. The second-order valence-electron chi connectivity index (χ2n) is 3.16. The maximum atomic E-state index is 10.4. The summed E-state index contributed by atoms with van der Waals surface area (Å²) in [6.45, 7) is 3.45. The Morgan fingerprint density at radius 1 is 1.40 bits per heavy atom. The van der Waals surface area contributed by atoms with Crippen LogP contribution in [-0.4, -0.2) is 31.1 Å². The lowest BCUT2D eigenvalue weighted by Gasteiger charge is -1.95. The highest BCUT2D eigenvalue weighted by Crippen LogP contribution is 2.00. The maximum Gasteiger partial charge on any atom is 0.171 e. The first kappa shape index (κ1) is 9.57. The summed E-state index contributed by atoms with van der Waals surface area (Å²) in [5, 5.41) is 11.6. The van der Waals surface area contributed by atoms with Crippen LogP contribution in [0.4, 0.5) is 0 Å². The fourth-order valence-corrected chi connectivity index (χ4v) is 1.29. The van der Waals surface area contributed by atoms with Crippen molar-refractivity contribution in [3.8, 4) is 0 Å². The van der Waals surface area contributed by atoms with Crippen LogP contribution in [0, 0.1) is 0 Å². The monoisotopic (exact) mass is 205 g/mol. The molecule has 0 aliphatic rings. The molecule has 2 heterocycles. The molecular weight excluding hydrogens is 194 g/mol. The highest BCUT2D eigenvalue weighted by atomic mass is 16.1. The van der Waals surface area contributed by atoms with Crippen LogP contribution in [0.15, 0.2) is 18.6 Å². The number of rotatable bonds is 4. The number of aromatic nitrogens is 5. The lowest BCUT2D eigenvalue weighted by atomic mass is 10.3. The third kappa shape index (κ3) is 2.09. The summed E-state index contributed by atoms with van der Waals surface area (Å²) in [5.41, 5.74) is 1.39. The zero-order valence-electron chi connectivity index (χ0n) is 8.37. The summed E-state index contributed by atoms with van der Waals surface area (Å²) >= 11 is 0. The Balaban J connectivity index is 2.10. The second kappa shape index (κ2) is 4.04. The molecule has 0 radical (unpaired) electrons. The third-order valence-corrected chi connectivity index (χ3v) is 2.03. The van der Waals surface area contributed by atoms with Gasteiger partial charge in [-0.05, 0) is 6.92 Å². The molecular formula is C9H11N5O. The van der Waals surface area contributed by atoms with Gasteiger partial charge in [-0.15, -0.1) is 5.10 Å². The number of hydrogen-bond acceptors (Lipinski definition) is 4. The number of hydrogen-bond donors (Lipinski definition) is 0. The van der Waals surface area contributed by atoms with Gasteiger partial charge in [-0.3, -0.25) is 9.48 Å². The van der Waals surface area contributed by atoms with Crippen LogP contribution in [-0.2, 0) is 13.1 Å². The van der Waals surface area contributed by atoms with Crippen molar-refractivity contribution < 1.29 is 4.79 Å². The minimum absolute atomic E-state index is 0.345. The summed E-state index contributed by atoms with van der Waals surface area (Å²) in [6.07, 6.45) is 6.02. The van der Waals surface area contributed by atoms with Crippen LogP contribution in [0.5, 0.6) is 0 Å². The average molecular weight is 205 g/mol. The summed E-state index contributed by atoms with van der Waals surface area (Å²) in [4.78, 5) is 10.4. The van der Waals surface area contributed by atoms with Crippen LogP contribution >= 0.6 is 0 Å². The van der Waals surface area contributed by atoms with Gasteiger partial charge < -0.3 is 0 Å². The van der Waals surface area contributed by atoms with Gasteiger partial charge >= 0.3 is 0 Å². The van der Waals surface area contributed by atoms with Crippen molar-refractivity contribution in [3.05, 3.63) is 29.8 Å². The Hall–Kier alpha value is -1.98. The first-order valence-electron chi connectivity index (χ1n) is 4.68. The van der Waals surface area contributed by atoms with Crippen LogP contribution in [0.1, 0.15) is 23.0 Å². The number of aryl methyl sites for hydroxylation is 1. The van der Waals surface area contributed by atoms with Crippen LogP contribution in [0.25, 0.3) is 0 Å². The van der Waals surface area contributed by atoms with Gasteiger partial charge in [0.15, 0.2) is 6.29 Å². The molecule has 2 aromatic rings. The predicted octanol–water partition coefficient (Wildman–Crippen LogP) is 0.355. The number of carbonyl (C=O) groups is 1. The fourth-order valence-electron chi connectivity index (χ4n) is 1.29. The van der Waals surface area contributed by atoms with E-state index in [2.05, 4.69) is 15.4 Å². The van der Waals surface area contributed by atoms with E-state index in [0.717, 1.165) is 12.1 Å². The zero-order chi connectivity index (χ0) is 10.7. The van der Waals surface area contributed by atoms with Gasteiger partial charge in [0.25, 0.3) is 0 Å². The summed E-state index contributed by atoms with van der Waals surface area (Å²) in [6, 6.07) is 0. The number of nitrogens with zero attached hydrogens (tertiary/aromatic N) is 5. The Morgan fingerprint density at radius 2 is 2.27 bits per heavy atom. The van der Waals surface area contributed by atoms with Gasteiger partial charge in [-0.2, -0.15) is 5.10 Å². The molecule has 0 atom stereocenters. The largest absolute Gasteiger partial charge is 0.296 e. The number of aldehydes is 1. The van der Waals surface area contributed by atoms with Crippen molar-refractivity contribution in [2.45, 2.75) is 20.0 Å². The molecule has 15 heavy (non-hydrogen) atoms. The van der Waals surface area contributed by atoms with E-state index < -0.39 is 0 Å². The van der Waals surface area contributed by atoms with Gasteiger partial charge in [0.1, 0.15) is 5.69 Å². The van der Waals surface area contributed by atoms with Gasteiger partial charge in [0, 0.05) is 18.3 Å². The lowest BCUT2D eigenvalue weighted by Crippen LogP contribution is -1.99. The van der Waals surface area contributed by atoms with E-state index in [1.807, 2.05) is 17.8 Å². The van der Waals surface area contributed by atoms with E-state index in [1.165, 1.54) is 0 Å². The quantitative estimate of drug-likeness (QED) is 0.676. The Kier molecular flexibility index (Phi) is 2.57. The molecule has 0 aliphatic carbocycles. The zero-order valence-corrected chi connectivity index (χ0v) is 8.37. The second-order valence-corrected chi connectivity index (χ2v) is 3.16. The summed E-state index contributed by atoms with van der Waals surface area (Å²) in [5.74, 6) is 0. The molecule has 2 rings (SSSR count). The Labute approximate surface area is 86.5 Å². The van der Waals surface area contributed by atoms with E-state index >= 15 is 0 Å². The summed E-state index contributed by atoms with van der Waals surface area (Å²) in [7, 11) is 0. The SMILES string of the molecule is CCn1cc(Cn2cc(C=O)nn2)cn1. The predicted molar refractivity (Wildman–Crippen MR) is 52.4 cm³/mol. The molecule has 0 aliphatic heterocycles. The van der Waals surface area contributed by atoms with Crippen molar-refractivity contribution in [2.75, 3.05) is 0 Å². The average Bonchev–Trinajstić information content (AvgIpc) is 2.87. The van der Waals surface area contributed by atoms with Crippen molar-refractivity contribution in [1.82, 2.24) is 24.8 Å². The Bertz CT molecular complexity index is 459. The highest BCUT2D eigenvalue weighted by molar-refractivity contribution is 5.70. The van der Waals surface area contributed by atoms with E-state index in [9.17, 15) is 4.79 Å². The molecule has 0 N–H and O–H groups in total. The van der Waals surface area contributed by atoms with Crippen molar-refractivity contribution in [2.24, 2.45) is 0 Å². The third-order valence-electron chi connectivity index (χ3n) is 2.03. The van der Waals surface area contributed by atoms with E-state index in [-0.39, 0.29) is 0 Å². The van der Waals surface area contributed by atoms with Gasteiger partial charge in [0.05, 0.1) is 18.9 Å². The first-order valence-corrected chi connectivity index (χ1v) is 4.68. The standard InChI is InChI=1S/C9H11N5O/c1-2-13-4-8(3-10-13)5-14-6-9(7-15)11-12-14/h3-4,6-7H,2,5H2,1H3. The molecule has 2 aromatic heterocycles. The minimum atomic E-state index is 0.345. The molecule has 0 fully saturated rings. The van der Waals surface area contributed by atoms with E-state index in [4.69, 9.17) is 0 Å². The van der Waals surface area contributed by atoms with Gasteiger partial charge in [-0.25, -0.2) is 4.68 Å². The fraction of sp³-hybridized carbons (Fsp3) is 0.333. The number of carbonyl (C=O) groups excluding carboxylic acids is 1. The molecule has 0 saturated carbocycles. The molecule has 0 aromatic carbocycles. The Morgan fingerprint density at radius 3 is 2.87 bits per heavy atom. The molecule has 0 bridgehead atoms.